The Labute approximate surface area is 273 Å². The van der Waals surface area contributed by atoms with Crippen molar-refractivity contribution in [3.63, 3.8) is 0 Å². The number of para-hydroxylation sites is 3. The van der Waals surface area contributed by atoms with Crippen LogP contribution < -0.4 is 0 Å². The number of hydrogen-bond acceptors (Lipinski definition) is 1. The fourth-order valence-corrected chi connectivity index (χ4v) is 7.89. The lowest BCUT2D eigenvalue weighted by atomic mass is 10.0. The molecule has 0 aliphatic carbocycles. The smallest absolute Gasteiger partial charge is 0.0645 e. The van der Waals surface area contributed by atoms with Crippen LogP contribution in [-0.2, 0) is 0 Å². The molecule has 10 aromatic rings. The predicted molar refractivity (Wildman–Crippen MR) is 193 cm³/mol. The lowest BCUT2D eigenvalue weighted by Gasteiger charge is -2.09. The molecule has 7 aromatic carbocycles. The summed E-state index contributed by atoms with van der Waals surface area (Å²) >= 11 is 1.62. The summed E-state index contributed by atoms with van der Waals surface area (Å²) in [4.78, 5) is 0. The summed E-state index contributed by atoms with van der Waals surface area (Å²) in [6, 6.07) is 36.3. The summed E-state index contributed by atoms with van der Waals surface area (Å²) in [6.45, 7) is 0. The van der Waals surface area contributed by atoms with E-state index in [9.17, 15) is 4.11 Å². The minimum Gasteiger partial charge on any atom is -0.309 e. The molecule has 0 saturated heterocycles. The van der Waals surface area contributed by atoms with E-state index in [0.717, 1.165) is 47.7 Å². The van der Waals surface area contributed by atoms with Crippen molar-refractivity contribution in [3.8, 4) is 22.5 Å². The fourth-order valence-electron chi connectivity index (χ4n) is 6.75. The molecule has 0 bridgehead atoms. The molecule has 0 atom stereocenters. The molecular formula is C42H26N2S. The van der Waals surface area contributed by atoms with Gasteiger partial charge in [0.2, 0.25) is 0 Å². The van der Waals surface area contributed by atoms with E-state index in [1.807, 2.05) is 78.9 Å². The average Bonchev–Trinajstić information content (AvgIpc) is 3.83. The first kappa shape index (κ1) is 18.9. The van der Waals surface area contributed by atoms with Gasteiger partial charge < -0.3 is 9.13 Å². The number of benzene rings is 7. The van der Waals surface area contributed by atoms with E-state index in [2.05, 4.69) is 41.0 Å². The van der Waals surface area contributed by atoms with Crippen molar-refractivity contribution in [1.29, 1.82) is 0 Å². The highest BCUT2D eigenvalue weighted by Crippen LogP contribution is 2.40. The molecule has 0 spiro atoms. The van der Waals surface area contributed by atoms with Gasteiger partial charge in [-0.3, -0.25) is 0 Å². The molecule has 0 amide bonds. The molecule has 0 radical (unpaired) electrons. The van der Waals surface area contributed by atoms with Crippen LogP contribution in [0.15, 0.2) is 158 Å². The van der Waals surface area contributed by atoms with E-state index >= 15 is 0 Å². The van der Waals surface area contributed by atoms with Gasteiger partial charge in [0.1, 0.15) is 0 Å². The highest BCUT2D eigenvalue weighted by molar-refractivity contribution is 7.25. The van der Waals surface area contributed by atoms with Crippen molar-refractivity contribution in [2.24, 2.45) is 0 Å². The van der Waals surface area contributed by atoms with Gasteiger partial charge in [0.05, 0.1) is 31.7 Å². The van der Waals surface area contributed by atoms with E-state index in [-0.39, 0.29) is 57.6 Å². The third-order valence-corrected chi connectivity index (χ3v) is 9.89. The van der Waals surface area contributed by atoms with Gasteiger partial charge >= 0.3 is 0 Å². The third-order valence-electron chi connectivity index (χ3n) is 8.75. The summed E-state index contributed by atoms with van der Waals surface area (Å²) in [5, 5.41) is 4.51. The molecule has 10 rings (SSSR count). The zero-order valence-electron chi connectivity index (χ0n) is 30.8. The quantitative estimate of drug-likeness (QED) is 0.192. The number of aromatic nitrogens is 2. The molecular weight excluding hydrogens is 565 g/mol. The molecule has 0 saturated carbocycles. The lowest BCUT2D eigenvalue weighted by molar-refractivity contribution is 1.18. The zero-order chi connectivity index (χ0) is 35.6. The third kappa shape index (κ3) is 3.62. The molecule has 3 heterocycles. The van der Waals surface area contributed by atoms with Gasteiger partial charge in [0.25, 0.3) is 0 Å². The summed E-state index contributed by atoms with van der Waals surface area (Å²) < 4.78 is 69.9. The van der Waals surface area contributed by atoms with E-state index in [1.54, 1.807) is 15.9 Å². The summed E-state index contributed by atoms with van der Waals surface area (Å²) in [6.07, 6.45) is 0. The van der Waals surface area contributed by atoms with Crippen molar-refractivity contribution < 1.29 is 9.60 Å². The number of thiophene rings is 1. The first-order valence-electron chi connectivity index (χ1n) is 18.3. The second kappa shape index (κ2) is 9.43. The standard InChI is InChI=1S/C42H26N2S/c1-2-10-29(11-3-1)43-37-15-7-4-12-31(37)35-24-27(18-22-39(35)43)28-19-23-40-36(25-28)32-13-5-8-16-38(32)44(40)30-20-21-34-33-14-6-9-17-41(33)45-42(34)26-30/h1-26H/i5D,8D,13D,16D,19D,23D,25D. The van der Waals surface area contributed by atoms with Gasteiger partial charge in [-0.15, -0.1) is 11.3 Å². The number of fused-ring (bicyclic) bond motifs is 9. The van der Waals surface area contributed by atoms with Crippen LogP contribution in [0.2, 0.25) is 0 Å². The average molecular weight is 598 g/mol. The molecule has 0 fully saturated rings. The number of rotatable bonds is 3. The van der Waals surface area contributed by atoms with Crippen LogP contribution in [0.1, 0.15) is 9.60 Å². The van der Waals surface area contributed by atoms with Crippen LogP contribution in [0.4, 0.5) is 0 Å². The molecule has 0 aliphatic rings. The Bertz CT molecular complexity index is 3160. The molecule has 2 nitrogen and oxygen atoms in total. The molecule has 0 N–H and O–H groups in total. The SMILES string of the molecule is [2H]c1c([2H])c([2H])c2c(c1[2H])c1c([2H])c(-c3ccc4c(c3)c3ccccc3n4-c3ccccc3)c([2H])c([2H])c1n2-c1ccc2c(c1)sc1ccccc12. The highest BCUT2D eigenvalue weighted by atomic mass is 32.1. The molecule has 45 heavy (non-hydrogen) atoms. The van der Waals surface area contributed by atoms with Crippen molar-refractivity contribution in [2.75, 3.05) is 0 Å². The van der Waals surface area contributed by atoms with Crippen LogP contribution in [0.3, 0.4) is 0 Å². The minimum atomic E-state index is -0.408. The van der Waals surface area contributed by atoms with Crippen LogP contribution in [0, 0.1) is 0 Å². The molecule has 3 aromatic heterocycles. The van der Waals surface area contributed by atoms with E-state index in [4.69, 9.17) is 5.48 Å². The first-order chi connectivity index (χ1) is 25.2. The van der Waals surface area contributed by atoms with Crippen molar-refractivity contribution in [1.82, 2.24) is 9.13 Å². The maximum Gasteiger partial charge on any atom is 0.0645 e. The van der Waals surface area contributed by atoms with Gasteiger partial charge in [-0.2, -0.15) is 0 Å². The van der Waals surface area contributed by atoms with Crippen molar-refractivity contribution in [2.45, 2.75) is 0 Å². The fraction of sp³-hybridized carbons (Fsp3) is 0. The monoisotopic (exact) mass is 597 g/mol. The van der Waals surface area contributed by atoms with Gasteiger partial charge in [0, 0.05) is 53.1 Å². The number of nitrogens with zero attached hydrogens (tertiary/aromatic N) is 2. The lowest BCUT2D eigenvalue weighted by Crippen LogP contribution is -1.93. The Morgan fingerprint density at radius 1 is 0.422 bits per heavy atom. The maximum absolute atomic E-state index is 9.71. The Hall–Kier alpha value is -5.64. The topological polar surface area (TPSA) is 9.86 Å². The Morgan fingerprint density at radius 2 is 1.16 bits per heavy atom. The second-order valence-corrected chi connectivity index (χ2v) is 12.3. The molecule has 210 valence electrons. The predicted octanol–water partition coefficient (Wildman–Crippen LogP) is 11.9. The molecule has 3 heteroatoms. The molecule has 0 unspecified atom stereocenters. The Balaban J connectivity index is 1.30. The first-order valence-corrected chi connectivity index (χ1v) is 15.6. The normalized spacial score (nSPS) is 14.2. The van der Waals surface area contributed by atoms with Crippen LogP contribution in [0.5, 0.6) is 0 Å². The van der Waals surface area contributed by atoms with Crippen LogP contribution >= 0.6 is 11.3 Å². The van der Waals surface area contributed by atoms with Gasteiger partial charge in [-0.25, -0.2) is 0 Å². The van der Waals surface area contributed by atoms with Crippen LogP contribution in [-0.4, -0.2) is 9.13 Å². The van der Waals surface area contributed by atoms with E-state index < -0.39 is 12.1 Å². The van der Waals surface area contributed by atoms with E-state index in [0.29, 0.717) is 11.3 Å². The van der Waals surface area contributed by atoms with E-state index in [1.165, 1.54) is 0 Å². The second-order valence-electron chi connectivity index (χ2n) is 11.2. The van der Waals surface area contributed by atoms with Crippen molar-refractivity contribution in [3.05, 3.63) is 158 Å². The summed E-state index contributed by atoms with van der Waals surface area (Å²) in [7, 11) is 0. The highest BCUT2D eigenvalue weighted by Gasteiger charge is 2.16. The maximum atomic E-state index is 9.71. The largest absolute Gasteiger partial charge is 0.309 e. The van der Waals surface area contributed by atoms with Crippen molar-refractivity contribution >= 4 is 75.1 Å². The molecule has 0 aliphatic heterocycles. The minimum absolute atomic E-state index is 0.0566. The summed E-state index contributed by atoms with van der Waals surface area (Å²) in [5.74, 6) is 0. The number of hydrogen-bond donors (Lipinski definition) is 0. The van der Waals surface area contributed by atoms with Gasteiger partial charge in [0.15, 0.2) is 0 Å². The zero-order valence-corrected chi connectivity index (χ0v) is 24.6. The van der Waals surface area contributed by atoms with Gasteiger partial charge in [-0.05, 0) is 77.8 Å². The van der Waals surface area contributed by atoms with Gasteiger partial charge in [-0.1, -0.05) is 90.9 Å². The van der Waals surface area contributed by atoms with Crippen LogP contribution in [0.25, 0.3) is 86.3 Å². The Kier molecular flexibility index (Phi) is 3.96. The summed E-state index contributed by atoms with van der Waals surface area (Å²) in [5.41, 5.74) is 4.80. The Morgan fingerprint density at radius 3 is 2.09 bits per heavy atom.